The number of carbonyl (C=O) groups excluding carboxylic acids is 2. The summed E-state index contributed by atoms with van der Waals surface area (Å²) in [5.74, 6) is 0.0934. The van der Waals surface area contributed by atoms with Crippen molar-refractivity contribution in [3.8, 4) is 0 Å². The van der Waals surface area contributed by atoms with Crippen molar-refractivity contribution in [1.82, 2.24) is 20.2 Å². The van der Waals surface area contributed by atoms with Gasteiger partial charge in [-0.25, -0.2) is 9.78 Å². The molecule has 0 aliphatic heterocycles. The minimum absolute atomic E-state index is 0.124. The van der Waals surface area contributed by atoms with Crippen LogP contribution in [0.3, 0.4) is 0 Å². The number of primary amides is 1. The SMILES string of the molecule is CC(C)N(CCC(=O)NC(N)=O)Cc1nc2ccccc2c(=O)[nH]1. The van der Waals surface area contributed by atoms with Crippen LogP contribution in [0.1, 0.15) is 26.1 Å². The van der Waals surface area contributed by atoms with Gasteiger partial charge >= 0.3 is 6.03 Å². The molecule has 0 radical (unpaired) electrons. The van der Waals surface area contributed by atoms with Crippen LogP contribution in [0.4, 0.5) is 4.79 Å². The minimum Gasteiger partial charge on any atom is -0.351 e. The molecule has 8 nitrogen and oxygen atoms in total. The zero-order valence-electron chi connectivity index (χ0n) is 13.7. The quantitative estimate of drug-likeness (QED) is 0.720. The maximum absolute atomic E-state index is 12.1. The lowest BCUT2D eigenvalue weighted by atomic mass is 10.2. The van der Waals surface area contributed by atoms with Crippen LogP contribution in [0.25, 0.3) is 10.9 Å². The Hall–Kier alpha value is -2.74. The van der Waals surface area contributed by atoms with E-state index in [1.54, 1.807) is 18.2 Å². The van der Waals surface area contributed by atoms with E-state index in [0.717, 1.165) is 0 Å². The molecule has 1 aromatic carbocycles. The number of H-pyrrole nitrogens is 1. The number of amides is 3. The summed E-state index contributed by atoms with van der Waals surface area (Å²) in [4.78, 5) is 43.5. The van der Waals surface area contributed by atoms with Crippen LogP contribution < -0.4 is 16.6 Å². The van der Waals surface area contributed by atoms with Crippen LogP contribution in [0.2, 0.25) is 0 Å². The first-order chi connectivity index (χ1) is 11.4. The molecule has 0 saturated heterocycles. The molecule has 0 aliphatic rings. The lowest BCUT2D eigenvalue weighted by Crippen LogP contribution is -2.39. The Morgan fingerprint density at radius 1 is 1.33 bits per heavy atom. The van der Waals surface area contributed by atoms with Crippen molar-refractivity contribution >= 4 is 22.8 Å². The van der Waals surface area contributed by atoms with Gasteiger partial charge in [-0.3, -0.25) is 19.8 Å². The van der Waals surface area contributed by atoms with E-state index in [9.17, 15) is 14.4 Å². The standard InChI is InChI=1S/C16H21N5O3/c1-10(2)21(8-7-14(22)20-16(17)24)9-13-18-12-6-4-3-5-11(12)15(23)19-13/h3-6,10H,7-9H2,1-2H3,(H,18,19,23)(H3,17,20,22,24). The van der Waals surface area contributed by atoms with Gasteiger partial charge in [0.2, 0.25) is 5.91 Å². The Bertz CT molecular complexity index is 800. The van der Waals surface area contributed by atoms with Gasteiger partial charge in [0, 0.05) is 19.0 Å². The lowest BCUT2D eigenvalue weighted by Gasteiger charge is -2.25. The number of benzene rings is 1. The summed E-state index contributed by atoms with van der Waals surface area (Å²) in [6, 6.07) is 6.39. The number of aromatic amines is 1. The van der Waals surface area contributed by atoms with Crippen LogP contribution in [0.15, 0.2) is 29.1 Å². The Balaban J connectivity index is 2.11. The molecule has 0 unspecified atom stereocenters. The predicted octanol–water partition coefficient (Wildman–Crippen LogP) is 0.718. The molecular weight excluding hydrogens is 310 g/mol. The van der Waals surface area contributed by atoms with Crippen molar-refractivity contribution < 1.29 is 9.59 Å². The van der Waals surface area contributed by atoms with E-state index in [4.69, 9.17) is 5.73 Å². The van der Waals surface area contributed by atoms with Crippen molar-refractivity contribution in [1.29, 1.82) is 0 Å². The average Bonchev–Trinajstić information content (AvgIpc) is 2.50. The molecule has 8 heteroatoms. The number of hydrogen-bond donors (Lipinski definition) is 3. The van der Waals surface area contributed by atoms with E-state index in [2.05, 4.69) is 9.97 Å². The molecule has 0 atom stereocenters. The number of urea groups is 1. The van der Waals surface area contributed by atoms with Crippen molar-refractivity contribution in [2.24, 2.45) is 5.73 Å². The molecule has 0 saturated carbocycles. The zero-order valence-corrected chi connectivity index (χ0v) is 13.7. The lowest BCUT2D eigenvalue weighted by molar-refractivity contribution is -0.120. The summed E-state index contributed by atoms with van der Waals surface area (Å²) in [7, 11) is 0. The van der Waals surface area contributed by atoms with Crippen molar-refractivity contribution in [2.75, 3.05) is 6.54 Å². The van der Waals surface area contributed by atoms with E-state index in [-0.39, 0.29) is 18.0 Å². The molecule has 0 spiro atoms. The van der Waals surface area contributed by atoms with Gasteiger partial charge in [-0.2, -0.15) is 0 Å². The first-order valence-electron chi connectivity index (χ1n) is 7.68. The number of para-hydroxylation sites is 1. The van der Waals surface area contributed by atoms with Crippen molar-refractivity contribution in [3.05, 3.63) is 40.4 Å². The molecule has 4 N–H and O–H groups in total. The molecule has 1 aromatic heterocycles. The van der Waals surface area contributed by atoms with Crippen LogP contribution >= 0.6 is 0 Å². The summed E-state index contributed by atoms with van der Waals surface area (Å²) in [6.07, 6.45) is 0.124. The predicted molar refractivity (Wildman–Crippen MR) is 90.3 cm³/mol. The molecule has 128 valence electrons. The maximum Gasteiger partial charge on any atom is 0.318 e. The van der Waals surface area contributed by atoms with E-state index >= 15 is 0 Å². The van der Waals surface area contributed by atoms with Gasteiger partial charge in [-0.05, 0) is 26.0 Å². The van der Waals surface area contributed by atoms with Crippen molar-refractivity contribution in [3.63, 3.8) is 0 Å². The van der Waals surface area contributed by atoms with Gasteiger partial charge in [0.15, 0.2) is 0 Å². The molecule has 0 aliphatic carbocycles. The Kier molecular flexibility index (Phi) is 5.64. The highest BCUT2D eigenvalue weighted by atomic mass is 16.2. The largest absolute Gasteiger partial charge is 0.351 e. The highest BCUT2D eigenvalue weighted by Crippen LogP contribution is 2.09. The van der Waals surface area contributed by atoms with Gasteiger partial charge in [0.05, 0.1) is 17.4 Å². The second kappa shape index (κ2) is 7.69. The fourth-order valence-electron chi connectivity index (χ4n) is 2.37. The van der Waals surface area contributed by atoms with E-state index in [0.29, 0.717) is 29.8 Å². The number of hydrogen-bond acceptors (Lipinski definition) is 5. The summed E-state index contributed by atoms with van der Waals surface area (Å²) in [5, 5.41) is 2.57. The van der Waals surface area contributed by atoms with Crippen LogP contribution in [0, 0.1) is 0 Å². The number of carbonyl (C=O) groups is 2. The maximum atomic E-state index is 12.1. The molecule has 0 fully saturated rings. The molecular formula is C16H21N5O3. The minimum atomic E-state index is -0.864. The molecule has 0 bridgehead atoms. The highest BCUT2D eigenvalue weighted by molar-refractivity contribution is 5.93. The summed E-state index contributed by atoms with van der Waals surface area (Å²) < 4.78 is 0. The molecule has 3 amide bonds. The number of rotatable bonds is 6. The monoisotopic (exact) mass is 331 g/mol. The van der Waals surface area contributed by atoms with Crippen LogP contribution in [-0.4, -0.2) is 39.4 Å². The van der Waals surface area contributed by atoms with Gasteiger partial charge in [0.25, 0.3) is 5.56 Å². The van der Waals surface area contributed by atoms with Crippen LogP contribution in [-0.2, 0) is 11.3 Å². The van der Waals surface area contributed by atoms with E-state index in [1.165, 1.54) is 0 Å². The molecule has 24 heavy (non-hydrogen) atoms. The Morgan fingerprint density at radius 3 is 2.71 bits per heavy atom. The fraction of sp³-hybridized carbons (Fsp3) is 0.375. The summed E-state index contributed by atoms with van der Waals surface area (Å²) >= 11 is 0. The Labute approximate surface area is 139 Å². The van der Waals surface area contributed by atoms with Crippen LogP contribution in [0.5, 0.6) is 0 Å². The number of nitrogens with one attached hydrogen (secondary N) is 2. The normalized spacial score (nSPS) is 11.2. The third kappa shape index (κ3) is 4.63. The van der Waals surface area contributed by atoms with Gasteiger partial charge in [-0.1, -0.05) is 12.1 Å². The van der Waals surface area contributed by atoms with Gasteiger partial charge < -0.3 is 10.7 Å². The topological polar surface area (TPSA) is 121 Å². The first-order valence-corrected chi connectivity index (χ1v) is 7.68. The molecule has 1 heterocycles. The van der Waals surface area contributed by atoms with Gasteiger partial charge in [-0.15, -0.1) is 0 Å². The van der Waals surface area contributed by atoms with Gasteiger partial charge in [0.1, 0.15) is 5.82 Å². The number of nitrogens with zero attached hydrogens (tertiary/aromatic N) is 2. The zero-order chi connectivity index (χ0) is 17.7. The number of fused-ring (bicyclic) bond motifs is 1. The summed E-state index contributed by atoms with van der Waals surface area (Å²) in [6.45, 7) is 4.76. The van der Waals surface area contributed by atoms with E-state index < -0.39 is 11.9 Å². The second-order valence-electron chi connectivity index (χ2n) is 5.76. The number of aromatic nitrogens is 2. The Morgan fingerprint density at radius 2 is 2.04 bits per heavy atom. The molecule has 2 aromatic rings. The third-order valence-electron chi connectivity index (χ3n) is 3.63. The number of nitrogens with two attached hydrogens (primary N) is 1. The van der Waals surface area contributed by atoms with E-state index in [1.807, 2.05) is 30.1 Å². The smallest absolute Gasteiger partial charge is 0.318 e. The first kappa shape index (κ1) is 17.6. The number of imide groups is 1. The fourth-order valence-corrected chi connectivity index (χ4v) is 2.37. The average molecular weight is 331 g/mol. The highest BCUT2D eigenvalue weighted by Gasteiger charge is 2.15. The second-order valence-corrected chi connectivity index (χ2v) is 5.76. The summed E-state index contributed by atoms with van der Waals surface area (Å²) in [5.41, 5.74) is 5.36. The van der Waals surface area contributed by atoms with Crippen molar-refractivity contribution in [2.45, 2.75) is 32.9 Å². The molecule has 2 rings (SSSR count). The third-order valence-corrected chi connectivity index (χ3v) is 3.63.